The summed E-state index contributed by atoms with van der Waals surface area (Å²) in [6.07, 6.45) is 4.30. The highest BCUT2D eigenvalue weighted by molar-refractivity contribution is 7.20. The number of nitrogens with zero attached hydrogens (tertiary/aromatic N) is 2. The lowest BCUT2D eigenvalue weighted by atomic mass is 9.97. The van der Waals surface area contributed by atoms with Crippen LogP contribution in [-0.4, -0.2) is 46.0 Å². The van der Waals surface area contributed by atoms with E-state index in [1.54, 1.807) is 21.0 Å². The molecule has 0 saturated heterocycles. The highest BCUT2D eigenvalue weighted by Crippen LogP contribution is 2.35. The van der Waals surface area contributed by atoms with Crippen molar-refractivity contribution >= 4 is 33.5 Å². The van der Waals surface area contributed by atoms with Gasteiger partial charge in [-0.05, 0) is 52.2 Å². The number of thiophene rings is 1. The number of carboxylic acid groups (broad SMARTS) is 1. The maximum absolute atomic E-state index is 14.1. The Kier molecular flexibility index (Phi) is 8.84. The maximum atomic E-state index is 14.1. The average molecular weight is 573 g/mol. The highest BCUT2D eigenvalue weighted by Gasteiger charge is 2.36. The second-order valence-corrected chi connectivity index (χ2v) is 11.5. The Balaban J connectivity index is 1.99. The number of carbonyl (C=O) groups is 2. The molecule has 2 heterocycles. The van der Waals surface area contributed by atoms with Gasteiger partial charge < -0.3 is 19.3 Å². The van der Waals surface area contributed by atoms with Crippen molar-refractivity contribution in [3.05, 3.63) is 61.1 Å². The maximum Gasteiger partial charge on any atom is 0.348 e. The number of benzene rings is 1. The Bertz CT molecular complexity index is 1530. The molecule has 0 radical (unpaired) electrons. The van der Waals surface area contributed by atoms with E-state index in [0.717, 1.165) is 53.6 Å². The van der Waals surface area contributed by atoms with Gasteiger partial charge in [-0.15, -0.1) is 11.3 Å². The van der Waals surface area contributed by atoms with E-state index in [1.165, 1.54) is 18.4 Å². The van der Waals surface area contributed by atoms with Crippen LogP contribution in [0.25, 0.3) is 10.2 Å². The summed E-state index contributed by atoms with van der Waals surface area (Å²) in [7, 11) is 1.56. The zero-order valence-electron chi connectivity index (χ0n) is 23.5. The first-order valence-electron chi connectivity index (χ1n) is 13.5. The van der Waals surface area contributed by atoms with E-state index in [-0.39, 0.29) is 34.3 Å². The van der Waals surface area contributed by atoms with Gasteiger partial charge in [0.1, 0.15) is 27.1 Å². The summed E-state index contributed by atoms with van der Waals surface area (Å²) in [6.45, 7) is 6.01. The van der Waals surface area contributed by atoms with Crippen molar-refractivity contribution in [2.45, 2.75) is 84.1 Å². The van der Waals surface area contributed by atoms with Crippen LogP contribution in [0.2, 0.25) is 0 Å². The van der Waals surface area contributed by atoms with Gasteiger partial charge in [-0.3, -0.25) is 9.36 Å². The molecular formula is C29H36N2O8S. The minimum absolute atomic E-state index is 0.0234. The van der Waals surface area contributed by atoms with Crippen molar-refractivity contribution in [2.75, 3.05) is 13.7 Å². The third-order valence-electron chi connectivity index (χ3n) is 7.50. The minimum atomic E-state index is -1.85. The van der Waals surface area contributed by atoms with Gasteiger partial charge in [-0.25, -0.2) is 19.0 Å². The van der Waals surface area contributed by atoms with Gasteiger partial charge in [-0.1, -0.05) is 37.5 Å². The van der Waals surface area contributed by atoms with Gasteiger partial charge in [0.15, 0.2) is 0 Å². The molecule has 0 unspecified atom stereocenters. The third-order valence-corrected chi connectivity index (χ3v) is 8.79. The number of hydrogen-bond acceptors (Lipinski definition) is 8. The molecule has 1 aliphatic carbocycles. The number of esters is 1. The summed E-state index contributed by atoms with van der Waals surface area (Å²) in [5, 5.41) is 10.1. The van der Waals surface area contributed by atoms with E-state index in [0.29, 0.717) is 11.3 Å². The Morgan fingerprint density at radius 2 is 1.82 bits per heavy atom. The van der Waals surface area contributed by atoms with Gasteiger partial charge in [-0.2, -0.15) is 0 Å². The van der Waals surface area contributed by atoms with Crippen LogP contribution < -0.4 is 16.0 Å². The molecule has 0 bridgehead atoms. The number of rotatable bonds is 10. The van der Waals surface area contributed by atoms with E-state index < -0.39 is 34.8 Å². The lowest BCUT2D eigenvalue weighted by Gasteiger charge is -2.30. The smallest absolute Gasteiger partial charge is 0.348 e. The molecule has 1 saturated carbocycles. The largest absolute Gasteiger partial charge is 0.496 e. The molecule has 1 N–H and O–H groups in total. The summed E-state index contributed by atoms with van der Waals surface area (Å²) < 4.78 is 19.6. The molecule has 0 spiro atoms. The Morgan fingerprint density at radius 3 is 2.45 bits per heavy atom. The quantitative estimate of drug-likeness (QED) is 0.349. The fourth-order valence-electron chi connectivity index (χ4n) is 5.23. The zero-order valence-corrected chi connectivity index (χ0v) is 24.3. The molecule has 11 heteroatoms. The minimum Gasteiger partial charge on any atom is -0.496 e. The number of carboxylic acids is 1. The first-order chi connectivity index (χ1) is 19.0. The molecule has 2 aromatic heterocycles. The molecule has 3 aromatic rings. The van der Waals surface area contributed by atoms with Crippen LogP contribution in [0, 0.1) is 6.92 Å². The summed E-state index contributed by atoms with van der Waals surface area (Å²) in [5.74, 6) is -1.36. The Hall–Kier alpha value is -3.44. The van der Waals surface area contributed by atoms with Crippen molar-refractivity contribution < 1.29 is 28.9 Å². The van der Waals surface area contributed by atoms with Gasteiger partial charge in [0.2, 0.25) is 0 Å². The second kappa shape index (κ2) is 12.0. The molecule has 1 fully saturated rings. The van der Waals surface area contributed by atoms with Crippen LogP contribution in [0.15, 0.2) is 33.9 Å². The third kappa shape index (κ3) is 5.44. The SMILES string of the molecule is CCOC(=O)c1sc2c(c1C)c(=O)n(C(C)(C)C(=O)O)c(=O)n2C[C@H](OC1CCCCC1)c1ccccc1OC. The number of methoxy groups -OCH3 is 1. The average Bonchev–Trinajstić information content (AvgIpc) is 3.28. The highest BCUT2D eigenvalue weighted by atomic mass is 32.1. The van der Waals surface area contributed by atoms with Crippen LogP contribution in [0.3, 0.4) is 0 Å². The van der Waals surface area contributed by atoms with Crippen molar-refractivity contribution in [1.29, 1.82) is 0 Å². The van der Waals surface area contributed by atoms with E-state index in [9.17, 15) is 24.3 Å². The molecule has 1 atom stereocenters. The number of fused-ring (bicyclic) bond motifs is 1. The molecule has 216 valence electrons. The van der Waals surface area contributed by atoms with Crippen molar-refractivity contribution in [1.82, 2.24) is 9.13 Å². The van der Waals surface area contributed by atoms with Crippen LogP contribution in [0.1, 0.15) is 79.8 Å². The molecule has 40 heavy (non-hydrogen) atoms. The molecule has 10 nitrogen and oxygen atoms in total. The summed E-state index contributed by atoms with van der Waals surface area (Å²) >= 11 is 0.989. The number of aliphatic carboxylic acids is 1. The Morgan fingerprint density at radius 1 is 1.15 bits per heavy atom. The van der Waals surface area contributed by atoms with E-state index >= 15 is 0 Å². The standard InChI is InChI=1S/C29H36N2O8S/c1-6-38-26(33)23-17(2)22-24(32)31(29(3,4)27(34)35)28(36)30(25(22)40-23)16-21(39-18-12-8-7-9-13-18)19-14-10-11-15-20(19)37-5/h10-11,14-15,18,21H,6-9,12-13,16H2,1-5H3,(H,34,35)/t21-/m0/s1. The van der Waals surface area contributed by atoms with E-state index in [4.69, 9.17) is 14.2 Å². The first-order valence-corrected chi connectivity index (χ1v) is 14.3. The monoisotopic (exact) mass is 572 g/mol. The fraction of sp³-hybridized carbons (Fsp3) is 0.517. The number of carbonyl (C=O) groups excluding carboxylic acids is 1. The molecule has 4 rings (SSSR count). The molecule has 1 aromatic carbocycles. The van der Waals surface area contributed by atoms with Gasteiger partial charge in [0.25, 0.3) is 5.56 Å². The van der Waals surface area contributed by atoms with Gasteiger partial charge in [0, 0.05) is 5.56 Å². The van der Waals surface area contributed by atoms with Gasteiger partial charge in [0.05, 0.1) is 31.8 Å². The zero-order chi connectivity index (χ0) is 29.2. The van der Waals surface area contributed by atoms with Crippen molar-refractivity contribution in [2.24, 2.45) is 0 Å². The van der Waals surface area contributed by atoms with Crippen molar-refractivity contribution in [3.63, 3.8) is 0 Å². The predicted molar refractivity (Wildman–Crippen MR) is 152 cm³/mol. The number of aryl methyl sites for hydroxylation is 1. The summed E-state index contributed by atoms with van der Waals surface area (Å²) in [5.41, 5.74) is -2.35. The van der Waals surface area contributed by atoms with E-state index in [2.05, 4.69) is 0 Å². The number of hydrogen-bond donors (Lipinski definition) is 1. The number of aromatic nitrogens is 2. The summed E-state index contributed by atoms with van der Waals surface area (Å²) in [4.78, 5) is 53.2. The van der Waals surface area contributed by atoms with Crippen LogP contribution in [0.4, 0.5) is 0 Å². The molecule has 0 amide bonds. The lowest BCUT2D eigenvalue weighted by Crippen LogP contribution is -2.52. The molecular weight excluding hydrogens is 536 g/mol. The lowest BCUT2D eigenvalue weighted by molar-refractivity contribution is -0.146. The molecule has 0 aliphatic heterocycles. The predicted octanol–water partition coefficient (Wildman–Crippen LogP) is 4.63. The van der Waals surface area contributed by atoms with Crippen LogP contribution in [-0.2, 0) is 26.4 Å². The van der Waals surface area contributed by atoms with Crippen LogP contribution in [0.5, 0.6) is 5.75 Å². The van der Waals surface area contributed by atoms with Crippen molar-refractivity contribution in [3.8, 4) is 5.75 Å². The van der Waals surface area contributed by atoms with E-state index in [1.807, 2.05) is 24.3 Å². The van der Waals surface area contributed by atoms with Crippen LogP contribution >= 0.6 is 11.3 Å². The first kappa shape index (κ1) is 29.5. The number of ether oxygens (including phenoxy) is 3. The molecule has 1 aliphatic rings. The Labute approximate surface area is 236 Å². The topological polar surface area (TPSA) is 126 Å². The number of para-hydroxylation sites is 1. The second-order valence-electron chi connectivity index (χ2n) is 10.5. The summed E-state index contributed by atoms with van der Waals surface area (Å²) in [6, 6.07) is 7.38. The normalized spacial score (nSPS) is 15.2. The van der Waals surface area contributed by atoms with Gasteiger partial charge >= 0.3 is 17.6 Å². The fourth-order valence-corrected chi connectivity index (χ4v) is 6.43.